The van der Waals surface area contributed by atoms with Gasteiger partial charge in [0, 0.05) is 36.9 Å². The van der Waals surface area contributed by atoms with Crippen LogP contribution in [0.5, 0.6) is 0 Å². The van der Waals surface area contributed by atoms with E-state index in [1.807, 2.05) is 29.0 Å². The molecule has 19 heavy (non-hydrogen) atoms. The smallest absolute Gasteiger partial charge is 0.130 e. The van der Waals surface area contributed by atoms with E-state index in [-0.39, 0.29) is 6.04 Å². The molecule has 5 heteroatoms. The molecule has 0 radical (unpaired) electrons. The molecule has 0 aliphatic heterocycles. The molecular weight excluding hydrogens is 238 g/mol. The monoisotopic (exact) mass is 253 g/mol. The van der Waals surface area contributed by atoms with E-state index in [2.05, 4.69) is 21.9 Å². The summed E-state index contributed by atoms with van der Waals surface area (Å²) < 4.78 is 2.04. The number of nitrogens with two attached hydrogens (primary N) is 1. The van der Waals surface area contributed by atoms with Gasteiger partial charge in [-0.3, -0.25) is 9.97 Å². The molecule has 0 saturated heterocycles. The highest BCUT2D eigenvalue weighted by Gasteiger charge is 2.17. The summed E-state index contributed by atoms with van der Waals surface area (Å²) in [5.74, 6) is 0.848. The van der Waals surface area contributed by atoms with Gasteiger partial charge in [0.05, 0.1) is 17.1 Å². The number of imidazole rings is 1. The molecule has 3 rings (SSSR count). The van der Waals surface area contributed by atoms with Crippen LogP contribution in [-0.2, 0) is 6.54 Å². The highest BCUT2D eigenvalue weighted by molar-refractivity contribution is 5.78. The minimum atomic E-state index is -0.296. The third-order valence-electron chi connectivity index (χ3n) is 3.23. The minimum Gasteiger partial charge on any atom is -0.334 e. The van der Waals surface area contributed by atoms with Crippen molar-refractivity contribution in [1.29, 1.82) is 0 Å². The van der Waals surface area contributed by atoms with E-state index in [4.69, 9.17) is 5.73 Å². The zero-order valence-electron chi connectivity index (χ0n) is 10.7. The SMILES string of the molecule is CCn1ccnc1C(N)c1cccc2nccnc12. The van der Waals surface area contributed by atoms with Crippen molar-refractivity contribution < 1.29 is 0 Å². The van der Waals surface area contributed by atoms with Gasteiger partial charge in [0.25, 0.3) is 0 Å². The molecule has 2 heterocycles. The van der Waals surface area contributed by atoms with E-state index in [0.29, 0.717) is 0 Å². The van der Waals surface area contributed by atoms with Gasteiger partial charge < -0.3 is 10.3 Å². The maximum atomic E-state index is 6.35. The molecule has 0 aliphatic rings. The first kappa shape index (κ1) is 11.8. The first-order valence-electron chi connectivity index (χ1n) is 6.27. The van der Waals surface area contributed by atoms with Gasteiger partial charge in [-0.05, 0) is 13.0 Å². The van der Waals surface area contributed by atoms with Crippen molar-refractivity contribution >= 4 is 11.0 Å². The lowest BCUT2D eigenvalue weighted by Crippen LogP contribution is -2.18. The van der Waals surface area contributed by atoms with Crippen molar-refractivity contribution in [2.75, 3.05) is 0 Å². The van der Waals surface area contributed by atoms with Crippen LogP contribution in [0.4, 0.5) is 0 Å². The minimum absolute atomic E-state index is 0.296. The lowest BCUT2D eigenvalue weighted by Gasteiger charge is -2.14. The van der Waals surface area contributed by atoms with Crippen molar-refractivity contribution in [1.82, 2.24) is 19.5 Å². The summed E-state index contributed by atoms with van der Waals surface area (Å²) in [7, 11) is 0. The number of hydrogen-bond donors (Lipinski definition) is 1. The van der Waals surface area contributed by atoms with Crippen LogP contribution in [0.2, 0.25) is 0 Å². The number of aromatic nitrogens is 4. The summed E-state index contributed by atoms with van der Waals surface area (Å²) in [6.45, 7) is 2.92. The lowest BCUT2D eigenvalue weighted by molar-refractivity contribution is 0.658. The average Bonchev–Trinajstić information content (AvgIpc) is 2.94. The van der Waals surface area contributed by atoms with Gasteiger partial charge >= 0.3 is 0 Å². The van der Waals surface area contributed by atoms with E-state index in [9.17, 15) is 0 Å². The molecule has 96 valence electrons. The van der Waals surface area contributed by atoms with E-state index >= 15 is 0 Å². The summed E-state index contributed by atoms with van der Waals surface area (Å²) in [5.41, 5.74) is 8.99. The van der Waals surface area contributed by atoms with Gasteiger partial charge in [-0.15, -0.1) is 0 Å². The predicted octanol–water partition coefficient (Wildman–Crippen LogP) is 1.89. The first-order valence-corrected chi connectivity index (χ1v) is 6.27. The molecule has 2 N–H and O–H groups in total. The maximum absolute atomic E-state index is 6.35. The normalized spacial score (nSPS) is 12.7. The Bertz CT molecular complexity index is 698. The average molecular weight is 253 g/mol. The lowest BCUT2D eigenvalue weighted by atomic mass is 10.0. The molecule has 5 nitrogen and oxygen atoms in total. The van der Waals surface area contributed by atoms with Crippen LogP contribution >= 0.6 is 0 Å². The second-order valence-electron chi connectivity index (χ2n) is 4.32. The molecule has 0 saturated carbocycles. The third-order valence-corrected chi connectivity index (χ3v) is 3.23. The summed E-state index contributed by atoms with van der Waals surface area (Å²) in [5, 5.41) is 0. The fourth-order valence-corrected chi connectivity index (χ4v) is 2.27. The van der Waals surface area contributed by atoms with E-state index in [0.717, 1.165) is 29.0 Å². The van der Waals surface area contributed by atoms with Gasteiger partial charge in [0.2, 0.25) is 0 Å². The molecule has 0 spiro atoms. The summed E-state index contributed by atoms with van der Waals surface area (Å²) in [6.07, 6.45) is 7.08. The molecule has 1 unspecified atom stereocenters. The number of nitrogens with zero attached hydrogens (tertiary/aromatic N) is 4. The van der Waals surface area contributed by atoms with Crippen LogP contribution < -0.4 is 5.73 Å². The standard InChI is InChI=1S/C14H15N5/c1-2-19-9-8-18-14(19)12(15)10-4-3-5-11-13(10)17-7-6-16-11/h3-9,12H,2,15H2,1H3. The van der Waals surface area contributed by atoms with Crippen molar-refractivity contribution in [2.45, 2.75) is 19.5 Å². The highest BCUT2D eigenvalue weighted by Crippen LogP contribution is 2.24. The number of para-hydroxylation sites is 1. The molecule has 3 aromatic rings. The second-order valence-corrected chi connectivity index (χ2v) is 4.32. The Hall–Kier alpha value is -2.27. The number of benzene rings is 1. The molecule has 0 bridgehead atoms. The van der Waals surface area contributed by atoms with Crippen molar-refractivity contribution in [3.8, 4) is 0 Å². The molecule has 1 aromatic carbocycles. The van der Waals surface area contributed by atoms with Crippen LogP contribution in [0.25, 0.3) is 11.0 Å². The van der Waals surface area contributed by atoms with Crippen molar-refractivity contribution in [3.05, 3.63) is 54.4 Å². The molecule has 2 aromatic heterocycles. The molecule has 0 amide bonds. The zero-order chi connectivity index (χ0) is 13.2. The zero-order valence-corrected chi connectivity index (χ0v) is 10.7. The Balaban J connectivity index is 2.14. The largest absolute Gasteiger partial charge is 0.334 e. The molecule has 0 fully saturated rings. The number of aryl methyl sites for hydroxylation is 1. The first-order chi connectivity index (χ1) is 9.31. The topological polar surface area (TPSA) is 69.6 Å². The van der Waals surface area contributed by atoms with Gasteiger partial charge in [-0.1, -0.05) is 12.1 Å². The number of fused-ring (bicyclic) bond motifs is 1. The predicted molar refractivity (Wildman–Crippen MR) is 73.5 cm³/mol. The van der Waals surface area contributed by atoms with Gasteiger partial charge in [-0.2, -0.15) is 0 Å². The third kappa shape index (κ3) is 1.98. The van der Waals surface area contributed by atoms with Crippen LogP contribution in [-0.4, -0.2) is 19.5 Å². The van der Waals surface area contributed by atoms with E-state index in [1.165, 1.54) is 0 Å². The van der Waals surface area contributed by atoms with Crippen LogP contribution in [0.15, 0.2) is 43.0 Å². The van der Waals surface area contributed by atoms with Crippen molar-refractivity contribution in [3.63, 3.8) is 0 Å². The Kier molecular flexibility index (Phi) is 2.97. The Morgan fingerprint density at radius 1 is 1.16 bits per heavy atom. The van der Waals surface area contributed by atoms with Gasteiger partial charge in [0.1, 0.15) is 5.82 Å². The maximum Gasteiger partial charge on any atom is 0.130 e. The van der Waals surface area contributed by atoms with Crippen LogP contribution in [0.3, 0.4) is 0 Å². The highest BCUT2D eigenvalue weighted by atomic mass is 15.1. The second kappa shape index (κ2) is 4.78. The van der Waals surface area contributed by atoms with Crippen molar-refractivity contribution in [2.24, 2.45) is 5.73 Å². The number of hydrogen-bond acceptors (Lipinski definition) is 4. The summed E-state index contributed by atoms with van der Waals surface area (Å²) in [6, 6.07) is 5.57. The Morgan fingerprint density at radius 3 is 2.84 bits per heavy atom. The quantitative estimate of drug-likeness (QED) is 0.774. The molecule has 0 aliphatic carbocycles. The summed E-state index contributed by atoms with van der Waals surface area (Å²) >= 11 is 0. The van der Waals surface area contributed by atoms with E-state index < -0.39 is 0 Å². The fourth-order valence-electron chi connectivity index (χ4n) is 2.27. The molecule has 1 atom stereocenters. The van der Waals surface area contributed by atoms with E-state index in [1.54, 1.807) is 18.6 Å². The fraction of sp³-hybridized carbons (Fsp3) is 0.214. The summed E-state index contributed by atoms with van der Waals surface area (Å²) in [4.78, 5) is 13.1. The Labute approximate surface area is 111 Å². The number of rotatable bonds is 3. The van der Waals surface area contributed by atoms with Gasteiger partial charge in [-0.25, -0.2) is 4.98 Å². The van der Waals surface area contributed by atoms with Gasteiger partial charge in [0.15, 0.2) is 0 Å². The van der Waals surface area contributed by atoms with Crippen LogP contribution in [0.1, 0.15) is 24.4 Å². The Morgan fingerprint density at radius 2 is 2.00 bits per heavy atom. The molecular formula is C14H15N5. The van der Waals surface area contributed by atoms with Crippen LogP contribution in [0, 0.1) is 0 Å².